The number of ether oxygens (including phenoxy) is 1. The van der Waals surface area contributed by atoms with Crippen molar-refractivity contribution >= 4 is 34.2 Å². The van der Waals surface area contributed by atoms with Crippen LogP contribution < -0.4 is 10.1 Å². The highest BCUT2D eigenvalue weighted by atomic mass is 127. The number of halogens is 1. The van der Waals surface area contributed by atoms with Crippen LogP contribution in [0.3, 0.4) is 0 Å². The molecule has 0 spiro atoms. The minimum absolute atomic E-state index is 0.00123. The molecule has 0 radical (unpaired) electrons. The third-order valence-corrected chi connectivity index (χ3v) is 3.23. The van der Waals surface area contributed by atoms with Gasteiger partial charge in [0.2, 0.25) is 5.91 Å². The lowest BCUT2D eigenvalue weighted by molar-refractivity contribution is -0.123. The third kappa shape index (κ3) is 3.10. The van der Waals surface area contributed by atoms with Crippen molar-refractivity contribution < 1.29 is 9.53 Å². The first-order valence-corrected chi connectivity index (χ1v) is 6.08. The molecular formula is C12H16INO2. The van der Waals surface area contributed by atoms with Crippen molar-refractivity contribution in [1.82, 2.24) is 0 Å². The van der Waals surface area contributed by atoms with E-state index in [1.54, 1.807) is 7.11 Å². The third-order valence-electron chi connectivity index (χ3n) is 2.11. The van der Waals surface area contributed by atoms with Gasteiger partial charge in [0, 0.05) is 5.41 Å². The Hall–Kier alpha value is -0.780. The Morgan fingerprint density at radius 1 is 1.38 bits per heavy atom. The van der Waals surface area contributed by atoms with Crippen molar-refractivity contribution in [3.63, 3.8) is 0 Å². The van der Waals surface area contributed by atoms with Gasteiger partial charge in [-0.15, -0.1) is 0 Å². The van der Waals surface area contributed by atoms with Gasteiger partial charge in [-0.25, -0.2) is 0 Å². The van der Waals surface area contributed by atoms with Crippen LogP contribution in [0.25, 0.3) is 0 Å². The first-order chi connectivity index (χ1) is 7.36. The molecule has 0 aliphatic rings. The second-order valence-electron chi connectivity index (χ2n) is 4.53. The maximum absolute atomic E-state index is 11.8. The van der Waals surface area contributed by atoms with E-state index in [-0.39, 0.29) is 5.91 Å². The predicted octanol–water partition coefficient (Wildman–Crippen LogP) is 3.28. The minimum Gasteiger partial charge on any atom is -0.496 e. The Bertz CT molecular complexity index is 396. The Balaban J connectivity index is 2.94. The fourth-order valence-electron chi connectivity index (χ4n) is 1.07. The van der Waals surface area contributed by atoms with Crippen LogP contribution in [-0.2, 0) is 4.79 Å². The summed E-state index contributed by atoms with van der Waals surface area (Å²) in [5.41, 5.74) is 0.395. The summed E-state index contributed by atoms with van der Waals surface area (Å²) in [7, 11) is 1.62. The van der Waals surface area contributed by atoms with E-state index in [9.17, 15) is 4.79 Å². The molecule has 0 bridgehead atoms. The Kier molecular flexibility index (Phi) is 4.18. The molecule has 0 heterocycles. The number of carbonyl (C=O) groups is 1. The number of hydrogen-bond donors (Lipinski definition) is 1. The number of benzene rings is 1. The predicted molar refractivity (Wildman–Crippen MR) is 73.8 cm³/mol. The van der Waals surface area contributed by atoms with Crippen LogP contribution in [0, 0.1) is 8.99 Å². The van der Waals surface area contributed by atoms with Crippen molar-refractivity contribution in [3.05, 3.63) is 21.8 Å². The smallest absolute Gasteiger partial charge is 0.229 e. The lowest BCUT2D eigenvalue weighted by Gasteiger charge is -2.18. The Labute approximate surface area is 110 Å². The molecule has 0 fully saturated rings. The van der Waals surface area contributed by atoms with Crippen LogP contribution in [0.4, 0.5) is 5.69 Å². The maximum atomic E-state index is 11.8. The van der Waals surface area contributed by atoms with Gasteiger partial charge < -0.3 is 10.1 Å². The SMILES string of the molecule is COc1cccc(NC(=O)C(C)(C)C)c1I. The fraction of sp³-hybridized carbons (Fsp3) is 0.417. The highest BCUT2D eigenvalue weighted by molar-refractivity contribution is 14.1. The lowest BCUT2D eigenvalue weighted by atomic mass is 9.95. The summed E-state index contributed by atoms with van der Waals surface area (Å²) in [5.74, 6) is 0.769. The zero-order valence-corrected chi connectivity index (χ0v) is 12.1. The quantitative estimate of drug-likeness (QED) is 0.844. The monoisotopic (exact) mass is 333 g/mol. The van der Waals surface area contributed by atoms with Crippen molar-refractivity contribution in [2.45, 2.75) is 20.8 Å². The van der Waals surface area contributed by atoms with Crippen LogP contribution in [-0.4, -0.2) is 13.0 Å². The molecule has 0 atom stereocenters. The summed E-state index contributed by atoms with van der Waals surface area (Å²) in [6.07, 6.45) is 0. The number of rotatable bonds is 2. The molecule has 4 heteroatoms. The summed E-state index contributed by atoms with van der Waals surface area (Å²) in [4.78, 5) is 11.8. The molecule has 1 amide bonds. The van der Waals surface area contributed by atoms with Gasteiger partial charge in [-0.3, -0.25) is 4.79 Å². The Morgan fingerprint density at radius 3 is 2.50 bits per heavy atom. The van der Waals surface area contributed by atoms with Gasteiger partial charge in [-0.1, -0.05) is 26.8 Å². The molecule has 0 aromatic heterocycles. The maximum Gasteiger partial charge on any atom is 0.229 e. The molecule has 1 N–H and O–H groups in total. The zero-order valence-electron chi connectivity index (χ0n) is 9.93. The molecule has 3 nitrogen and oxygen atoms in total. The van der Waals surface area contributed by atoms with Gasteiger partial charge in [-0.05, 0) is 34.7 Å². The number of anilines is 1. The molecule has 0 unspecified atom stereocenters. The molecule has 0 aliphatic carbocycles. The molecule has 0 saturated carbocycles. The molecular weight excluding hydrogens is 317 g/mol. The highest BCUT2D eigenvalue weighted by Crippen LogP contribution is 2.29. The fourth-order valence-corrected chi connectivity index (χ4v) is 1.79. The summed E-state index contributed by atoms with van der Waals surface area (Å²) in [6.45, 7) is 5.65. The first kappa shape index (κ1) is 13.3. The largest absolute Gasteiger partial charge is 0.496 e. The van der Waals surface area contributed by atoms with Gasteiger partial charge in [0.1, 0.15) is 5.75 Å². The average Bonchev–Trinajstić information content (AvgIpc) is 2.19. The second-order valence-corrected chi connectivity index (χ2v) is 5.60. The van der Waals surface area contributed by atoms with E-state index in [2.05, 4.69) is 27.9 Å². The number of nitrogens with one attached hydrogen (secondary N) is 1. The van der Waals surface area contributed by atoms with Crippen LogP contribution in [0.5, 0.6) is 5.75 Å². The van der Waals surface area contributed by atoms with E-state index >= 15 is 0 Å². The van der Waals surface area contributed by atoms with E-state index in [0.717, 1.165) is 15.0 Å². The van der Waals surface area contributed by atoms with E-state index < -0.39 is 5.41 Å². The highest BCUT2D eigenvalue weighted by Gasteiger charge is 2.22. The van der Waals surface area contributed by atoms with E-state index in [4.69, 9.17) is 4.74 Å². The van der Waals surface area contributed by atoms with Crippen molar-refractivity contribution in [2.24, 2.45) is 5.41 Å². The molecule has 1 aromatic carbocycles. The van der Waals surface area contributed by atoms with Crippen LogP contribution in [0.15, 0.2) is 18.2 Å². The number of methoxy groups -OCH3 is 1. The first-order valence-electron chi connectivity index (χ1n) is 5.00. The van der Waals surface area contributed by atoms with Crippen LogP contribution in [0.2, 0.25) is 0 Å². The van der Waals surface area contributed by atoms with E-state index in [0.29, 0.717) is 0 Å². The topological polar surface area (TPSA) is 38.3 Å². The summed E-state index contributed by atoms with van der Waals surface area (Å²) < 4.78 is 6.11. The van der Waals surface area contributed by atoms with Gasteiger partial charge in [-0.2, -0.15) is 0 Å². The zero-order chi connectivity index (χ0) is 12.3. The summed E-state index contributed by atoms with van der Waals surface area (Å²) in [6, 6.07) is 5.60. The Morgan fingerprint density at radius 2 is 2.00 bits per heavy atom. The van der Waals surface area contributed by atoms with E-state index in [1.165, 1.54) is 0 Å². The van der Waals surface area contributed by atoms with Gasteiger partial charge in [0.15, 0.2) is 0 Å². The number of carbonyl (C=O) groups excluding carboxylic acids is 1. The average molecular weight is 333 g/mol. The second kappa shape index (κ2) is 5.03. The molecule has 1 rings (SSSR count). The molecule has 1 aromatic rings. The number of amides is 1. The molecule has 0 saturated heterocycles. The van der Waals surface area contributed by atoms with Crippen molar-refractivity contribution in [2.75, 3.05) is 12.4 Å². The van der Waals surface area contributed by atoms with Gasteiger partial charge in [0.25, 0.3) is 0 Å². The molecule has 88 valence electrons. The van der Waals surface area contributed by atoms with Gasteiger partial charge in [0.05, 0.1) is 16.4 Å². The van der Waals surface area contributed by atoms with E-state index in [1.807, 2.05) is 39.0 Å². The number of hydrogen-bond acceptors (Lipinski definition) is 2. The van der Waals surface area contributed by atoms with Gasteiger partial charge >= 0.3 is 0 Å². The van der Waals surface area contributed by atoms with Crippen LogP contribution >= 0.6 is 22.6 Å². The van der Waals surface area contributed by atoms with Crippen molar-refractivity contribution in [1.29, 1.82) is 0 Å². The minimum atomic E-state index is -0.397. The lowest BCUT2D eigenvalue weighted by Crippen LogP contribution is -2.27. The standard InChI is InChI=1S/C12H16INO2/c1-12(2,3)11(15)14-8-6-5-7-9(16-4)10(8)13/h5-7H,1-4H3,(H,14,15). The molecule has 0 aliphatic heterocycles. The van der Waals surface area contributed by atoms with Crippen molar-refractivity contribution in [3.8, 4) is 5.75 Å². The summed E-state index contributed by atoms with van der Waals surface area (Å²) in [5, 5.41) is 2.90. The van der Waals surface area contributed by atoms with Crippen LogP contribution in [0.1, 0.15) is 20.8 Å². The molecule has 16 heavy (non-hydrogen) atoms. The normalized spacial score (nSPS) is 11.1. The summed E-state index contributed by atoms with van der Waals surface area (Å²) >= 11 is 2.16.